The predicted molar refractivity (Wildman–Crippen MR) is 69.6 cm³/mol. The summed E-state index contributed by atoms with van der Waals surface area (Å²) in [5.41, 5.74) is 4.40. The Morgan fingerprint density at radius 1 is 1.00 bits per heavy atom. The standard InChI is InChI=1S/C16H16O/c1-17-14-9-6-13(7-10-14)16-11-8-12-4-2-3-5-15(12)16/h2-7,9-10,16H,8,11H2,1H3. The van der Waals surface area contributed by atoms with Crippen molar-refractivity contribution in [3.05, 3.63) is 65.2 Å². The Morgan fingerprint density at radius 2 is 1.76 bits per heavy atom. The highest BCUT2D eigenvalue weighted by molar-refractivity contribution is 5.43. The molecule has 3 rings (SSSR count). The molecule has 1 aliphatic rings. The lowest BCUT2D eigenvalue weighted by atomic mass is 9.93. The fourth-order valence-electron chi connectivity index (χ4n) is 2.74. The maximum atomic E-state index is 5.20. The molecular weight excluding hydrogens is 208 g/mol. The first-order valence-corrected chi connectivity index (χ1v) is 6.10. The van der Waals surface area contributed by atoms with E-state index in [9.17, 15) is 0 Å². The number of ether oxygens (including phenoxy) is 1. The molecule has 1 heteroatoms. The van der Waals surface area contributed by atoms with Crippen LogP contribution in [0.25, 0.3) is 0 Å². The van der Waals surface area contributed by atoms with Crippen LogP contribution in [0.4, 0.5) is 0 Å². The average Bonchev–Trinajstić information content (AvgIpc) is 2.83. The van der Waals surface area contributed by atoms with Crippen molar-refractivity contribution < 1.29 is 4.74 Å². The van der Waals surface area contributed by atoms with Gasteiger partial charge in [-0.15, -0.1) is 0 Å². The topological polar surface area (TPSA) is 9.23 Å². The van der Waals surface area contributed by atoms with E-state index in [1.165, 1.54) is 29.5 Å². The molecule has 0 amide bonds. The molecule has 2 aromatic rings. The van der Waals surface area contributed by atoms with Crippen molar-refractivity contribution in [3.63, 3.8) is 0 Å². The second-order valence-corrected chi connectivity index (χ2v) is 4.56. The normalized spacial score (nSPS) is 17.8. The molecule has 0 heterocycles. The van der Waals surface area contributed by atoms with Crippen molar-refractivity contribution in [2.75, 3.05) is 7.11 Å². The molecule has 86 valence electrons. The summed E-state index contributed by atoms with van der Waals surface area (Å²) in [5.74, 6) is 1.50. The third-order valence-electron chi connectivity index (χ3n) is 3.65. The minimum absolute atomic E-state index is 0.567. The Hall–Kier alpha value is -1.76. The molecule has 0 bridgehead atoms. The molecule has 0 radical (unpaired) electrons. The largest absolute Gasteiger partial charge is 0.497 e. The van der Waals surface area contributed by atoms with Crippen LogP contribution in [0.5, 0.6) is 5.75 Å². The molecule has 1 nitrogen and oxygen atoms in total. The van der Waals surface area contributed by atoms with E-state index in [-0.39, 0.29) is 0 Å². The van der Waals surface area contributed by atoms with Gasteiger partial charge in [-0.1, -0.05) is 36.4 Å². The summed E-state index contributed by atoms with van der Waals surface area (Å²) in [5, 5.41) is 0. The maximum Gasteiger partial charge on any atom is 0.118 e. The van der Waals surface area contributed by atoms with Crippen molar-refractivity contribution in [2.45, 2.75) is 18.8 Å². The first-order chi connectivity index (χ1) is 8.38. The smallest absolute Gasteiger partial charge is 0.118 e. The number of benzene rings is 2. The molecule has 0 N–H and O–H groups in total. The number of aryl methyl sites for hydroxylation is 1. The molecular formula is C16H16O. The second kappa shape index (κ2) is 4.25. The average molecular weight is 224 g/mol. The third kappa shape index (κ3) is 1.82. The van der Waals surface area contributed by atoms with Gasteiger partial charge in [-0.25, -0.2) is 0 Å². The molecule has 0 saturated carbocycles. The number of methoxy groups -OCH3 is 1. The van der Waals surface area contributed by atoms with E-state index in [0.717, 1.165) is 5.75 Å². The van der Waals surface area contributed by atoms with Crippen molar-refractivity contribution in [1.29, 1.82) is 0 Å². The zero-order valence-electron chi connectivity index (χ0n) is 10.0. The lowest BCUT2D eigenvalue weighted by Crippen LogP contribution is -1.95. The van der Waals surface area contributed by atoms with E-state index < -0.39 is 0 Å². The van der Waals surface area contributed by atoms with Gasteiger partial charge < -0.3 is 4.74 Å². The number of hydrogen-bond acceptors (Lipinski definition) is 1. The molecule has 1 unspecified atom stereocenters. The highest BCUT2D eigenvalue weighted by Crippen LogP contribution is 2.38. The Bertz CT molecular complexity index is 513. The van der Waals surface area contributed by atoms with E-state index >= 15 is 0 Å². The highest BCUT2D eigenvalue weighted by atomic mass is 16.5. The highest BCUT2D eigenvalue weighted by Gasteiger charge is 2.23. The summed E-state index contributed by atoms with van der Waals surface area (Å²) in [6.07, 6.45) is 2.43. The van der Waals surface area contributed by atoms with E-state index in [1.54, 1.807) is 7.11 Å². The van der Waals surface area contributed by atoms with Crippen molar-refractivity contribution in [3.8, 4) is 5.75 Å². The molecule has 1 atom stereocenters. The van der Waals surface area contributed by atoms with Crippen LogP contribution in [0.3, 0.4) is 0 Å². The SMILES string of the molecule is COc1ccc(C2CCc3ccccc32)cc1. The summed E-state index contributed by atoms with van der Waals surface area (Å²) >= 11 is 0. The van der Waals surface area contributed by atoms with E-state index in [2.05, 4.69) is 48.5 Å². The zero-order chi connectivity index (χ0) is 11.7. The first-order valence-electron chi connectivity index (χ1n) is 6.10. The molecule has 1 aliphatic carbocycles. The molecule has 0 spiro atoms. The van der Waals surface area contributed by atoms with E-state index in [4.69, 9.17) is 4.74 Å². The quantitative estimate of drug-likeness (QED) is 0.754. The van der Waals surface area contributed by atoms with Gasteiger partial charge in [0.15, 0.2) is 0 Å². The summed E-state index contributed by atoms with van der Waals surface area (Å²) in [6, 6.07) is 17.3. The van der Waals surface area contributed by atoms with Crippen LogP contribution in [0.15, 0.2) is 48.5 Å². The minimum atomic E-state index is 0.567. The lowest BCUT2D eigenvalue weighted by molar-refractivity contribution is 0.414. The van der Waals surface area contributed by atoms with Gasteiger partial charge in [0.05, 0.1) is 7.11 Å². The van der Waals surface area contributed by atoms with Gasteiger partial charge in [-0.2, -0.15) is 0 Å². The van der Waals surface area contributed by atoms with Crippen molar-refractivity contribution in [1.82, 2.24) is 0 Å². The van der Waals surface area contributed by atoms with Crippen molar-refractivity contribution in [2.24, 2.45) is 0 Å². The zero-order valence-corrected chi connectivity index (χ0v) is 10.0. The van der Waals surface area contributed by atoms with E-state index in [0.29, 0.717) is 5.92 Å². The maximum absolute atomic E-state index is 5.20. The van der Waals surface area contributed by atoms with Gasteiger partial charge in [0.1, 0.15) is 5.75 Å². The number of rotatable bonds is 2. The van der Waals surface area contributed by atoms with Crippen LogP contribution in [-0.2, 0) is 6.42 Å². The monoisotopic (exact) mass is 224 g/mol. The Morgan fingerprint density at radius 3 is 2.53 bits per heavy atom. The minimum Gasteiger partial charge on any atom is -0.497 e. The summed E-state index contributed by atoms with van der Waals surface area (Å²) in [7, 11) is 1.71. The van der Waals surface area contributed by atoms with Crippen LogP contribution in [0.1, 0.15) is 29.0 Å². The Kier molecular flexibility index (Phi) is 2.60. The molecule has 0 fully saturated rings. The molecule has 0 saturated heterocycles. The predicted octanol–water partition coefficient (Wildman–Crippen LogP) is 3.77. The van der Waals surface area contributed by atoms with Gasteiger partial charge in [0, 0.05) is 5.92 Å². The fraction of sp³-hybridized carbons (Fsp3) is 0.250. The summed E-state index contributed by atoms with van der Waals surface area (Å²) in [4.78, 5) is 0. The first kappa shape index (κ1) is 10.4. The number of hydrogen-bond donors (Lipinski definition) is 0. The lowest BCUT2D eigenvalue weighted by Gasteiger charge is -2.12. The van der Waals surface area contributed by atoms with Gasteiger partial charge in [-0.3, -0.25) is 0 Å². The Balaban J connectivity index is 1.95. The van der Waals surface area contributed by atoms with Gasteiger partial charge in [0.25, 0.3) is 0 Å². The van der Waals surface area contributed by atoms with Gasteiger partial charge >= 0.3 is 0 Å². The van der Waals surface area contributed by atoms with Crippen LogP contribution in [-0.4, -0.2) is 7.11 Å². The molecule has 0 aromatic heterocycles. The molecule has 0 aliphatic heterocycles. The number of fused-ring (bicyclic) bond motifs is 1. The van der Waals surface area contributed by atoms with Gasteiger partial charge in [0.2, 0.25) is 0 Å². The van der Waals surface area contributed by atoms with E-state index in [1.807, 2.05) is 0 Å². The van der Waals surface area contributed by atoms with Crippen LogP contribution in [0.2, 0.25) is 0 Å². The summed E-state index contributed by atoms with van der Waals surface area (Å²) < 4.78 is 5.20. The molecule has 2 aromatic carbocycles. The van der Waals surface area contributed by atoms with Crippen molar-refractivity contribution >= 4 is 0 Å². The Labute approximate surface area is 102 Å². The third-order valence-corrected chi connectivity index (χ3v) is 3.65. The van der Waals surface area contributed by atoms with Gasteiger partial charge in [-0.05, 0) is 41.7 Å². The van der Waals surface area contributed by atoms with Crippen LogP contribution in [0, 0.1) is 0 Å². The van der Waals surface area contributed by atoms with Crippen LogP contribution >= 0.6 is 0 Å². The molecule has 17 heavy (non-hydrogen) atoms. The fourth-order valence-corrected chi connectivity index (χ4v) is 2.74. The summed E-state index contributed by atoms with van der Waals surface area (Å²) in [6.45, 7) is 0. The second-order valence-electron chi connectivity index (χ2n) is 4.56. The van der Waals surface area contributed by atoms with Crippen LogP contribution < -0.4 is 4.74 Å².